The molecule has 1 aliphatic rings. The number of hydrogen-bond donors (Lipinski definition) is 3. The van der Waals surface area contributed by atoms with Crippen molar-refractivity contribution in [2.45, 2.75) is 26.5 Å². The van der Waals surface area contributed by atoms with E-state index in [0.717, 1.165) is 11.1 Å². The summed E-state index contributed by atoms with van der Waals surface area (Å²) in [5.74, 6) is 1.61. The van der Waals surface area contributed by atoms with Gasteiger partial charge < -0.3 is 14.8 Å². The van der Waals surface area contributed by atoms with Crippen LogP contribution in [-0.2, 0) is 11.4 Å². The number of aromatic amines is 1. The van der Waals surface area contributed by atoms with Crippen LogP contribution in [0.3, 0.4) is 0 Å². The summed E-state index contributed by atoms with van der Waals surface area (Å²) in [6, 6.07) is 18.8. The van der Waals surface area contributed by atoms with E-state index in [0.29, 0.717) is 47.6 Å². The number of pyridine rings is 1. The highest BCUT2D eigenvalue weighted by Crippen LogP contribution is 2.36. The maximum atomic E-state index is 13.5. The molecular formula is C27H27N6O3+. The molecule has 4 aromatic rings. The first-order valence-electron chi connectivity index (χ1n) is 11.7. The molecule has 0 bridgehead atoms. The molecule has 0 radical (unpaired) electrons. The largest absolute Gasteiger partial charge is 0.490 e. The van der Waals surface area contributed by atoms with Crippen LogP contribution in [0.1, 0.15) is 31.0 Å². The number of H-pyrrole nitrogens is 1. The van der Waals surface area contributed by atoms with Crippen molar-refractivity contribution in [3.63, 3.8) is 0 Å². The summed E-state index contributed by atoms with van der Waals surface area (Å²) < 4.78 is 13.8. The van der Waals surface area contributed by atoms with E-state index in [4.69, 9.17) is 9.47 Å². The first-order valence-corrected chi connectivity index (χ1v) is 11.7. The van der Waals surface area contributed by atoms with Gasteiger partial charge >= 0.3 is 5.95 Å². The Hall–Kier alpha value is -4.66. The number of nitrogens with one attached hydrogen (secondary N) is 3. The predicted octanol–water partition coefficient (Wildman–Crippen LogP) is 4.00. The lowest BCUT2D eigenvalue weighted by Gasteiger charge is -2.25. The van der Waals surface area contributed by atoms with Crippen molar-refractivity contribution in [1.29, 1.82) is 0 Å². The van der Waals surface area contributed by atoms with E-state index in [9.17, 15) is 4.79 Å². The Labute approximate surface area is 208 Å². The van der Waals surface area contributed by atoms with Crippen LogP contribution < -0.4 is 24.8 Å². The monoisotopic (exact) mass is 483 g/mol. The smallest absolute Gasteiger partial charge is 0.416 e. The number of aromatic nitrogens is 4. The number of nitrogens with zero attached hydrogens (tertiary/aromatic N) is 3. The van der Waals surface area contributed by atoms with Crippen LogP contribution in [0.5, 0.6) is 11.5 Å². The summed E-state index contributed by atoms with van der Waals surface area (Å²) in [6.45, 7) is 4.69. The Morgan fingerprint density at radius 2 is 1.94 bits per heavy atom. The van der Waals surface area contributed by atoms with Gasteiger partial charge in [-0.3, -0.25) is 9.78 Å². The highest BCUT2D eigenvalue weighted by Gasteiger charge is 2.38. The fourth-order valence-corrected chi connectivity index (χ4v) is 4.20. The van der Waals surface area contributed by atoms with E-state index in [-0.39, 0.29) is 5.91 Å². The molecule has 0 fully saturated rings. The second-order valence-electron chi connectivity index (χ2n) is 8.26. The molecule has 1 aliphatic heterocycles. The molecule has 0 saturated carbocycles. The van der Waals surface area contributed by atoms with Crippen molar-refractivity contribution in [1.82, 2.24) is 15.1 Å². The lowest BCUT2D eigenvalue weighted by molar-refractivity contribution is -0.746. The number of allylic oxidation sites excluding steroid dienone is 1. The minimum atomic E-state index is -0.470. The topological polar surface area (TPSA) is 105 Å². The standard InChI is InChI=1S/C27H26N6O3/c1-3-35-23-14-20(11-12-22(23)36-16-19-8-5-4-6-9-19)25-24(18(2)31-27-29-17-30-33(25)27)26(34)32-21-10-7-13-28-15-21/h4-15,17,25H,3,16H2,1-2H3,(H2,29,30,31,32,34)/p+1. The predicted molar refractivity (Wildman–Crippen MR) is 134 cm³/mol. The third-order valence-electron chi connectivity index (χ3n) is 5.83. The Morgan fingerprint density at radius 1 is 1.08 bits per heavy atom. The number of hydrogen-bond acceptors (Lipinski definition) is 6. The molecule has 182 valence electrons. The lowest BCUT2D eigenvalue weighted by Crippen LogP contribution is -2.50. The molecule has 3 heterocycles. The summed E-state index contributed by atoms with van der Waals surface area (Å²) in [7, 11) is 0. The third kappa shape index (κ3) is 4.76. The molecule has 2 aromatic carbocycles. The average molecular weight is 484 g/mol. The zero-order valence-corrected chi connectivity index (χ0v) is 20.1. The van der Waals surface area contributed by atoms with Gasteiger partial charge in [-0.25, -0.2) is 10.4 Å². The number of benzene rings is 2. The lowest BCUT2D eigenvalue weighted by atomic mass is 9.94. The summed E-state index contributed by atoms with van der Waals surface area (Å²) in [4.78, 5) is 21.9. The zero-order chi connectivity index (χ0) is 24.9. The molecule has 3 N–H and O–H groups in total. The van der Waals surface area contributed by atoms with Crippen LogP contribution in [0.4, 0.5) is 11.6 Å². The number of fused-ring (bicyclic) bond motifs is 1. The Bertz CT molecular complexity index is 1390. The second kappa shape index (κ2) is 10.3. The van der Waals surface area contributed by atoms with Gasteiger partial charge in [0.25, 0.3) is 5.91 Å². The Morgan fingerprint density at radius 3 is 2.72 bits per heavy atom. The summed E-state index contributed by atoms with van der Waals surface area (Å²) in [6.07, 6.45) is 4.86. The van der Waals surface area contributed by atoms with E-state index >= 15 is 0 Å². The number of ether oxygens (including phenoxy) is 2. The highest BCUT2D eigenvalue weighted by molar-refractivity contribution is 6.05. The van der Waals surface area contributed by atoms with Gasteiger partial charge in [-0.1, -0.05) is 41.4 Å². The molecule has 1 unspecified atom stereocenters. The number of carbonyl (C=O) groups excluding carboxylic acids is 1. The van der Waals surface area contributed by atoms with Gasteiger partial charge in [-0.2, -0.15) is 0 Å². The van der Waals surface area contributed by atoms with Gasteiger partial charge in [0.05, 0.1) is 29.8 Å². The van der Waals surface area contributed by atoms with Crippen molar-refractivity contribution < 1.29 is 19.0 Å². The van der Waals surface area contributed by atoms with Crippen LogP contribution in [0.2, 0.25) is 0 Å². The van der Waals surface area contributed by atoms with E-state index < -0.39 is 6.04 Å². The zero-order valence-electron chi connectivity index (χ0n) is 20.1. The summed E-state index contributed by atoms with van der Waals surface area (Å²) in [5, 5.41) is 9.30. The van der Waals surface area contributed by atoms with E-state index in [1.807, 2.05) is 67.1 Å². The maximum Gasteiger partial charge on any atom is 0.416 e. The first kappa shape index (κ1) is 23.1. The average Bonchev–Trinajstić information content (AvgIpc) is 3.36. The molecule has 9 nitrogen and oxygen atoms in total. The molecule has 1 amide bonds. The fraction of sp³-hybridized carbons (Fsp3) is 0.185. The van der Waals surface area contributed by atoms with Crippen molar-refractivity contribution in [3.8, 4) is 11.5 Å². The molecule has 0 saturated heterocycles. The van der Waals surface area contributed by atoms with Gasteiger partial charge in [0.2, 0.25) is 0 Å². The highest BCUT2D eigenvalue weighted by atomic mass is 16.5. The van der Waals surface area contributed by atoms with Crippen molar-refractivity contribution >= 4 is 17.5 Å². The van der Waals surface area contributed by atoms with Crippen LogP contribution in [0.25, 0.3) is 0 Å². The Kier molecular flexibility index (Phi) is 6.61. The van der Waals surface area contributed by atoms with E-state index in [1.54, 1.807) is 30.9 Å². The molecule has 2 aromatic heterocycles. The SMILES string of the molecule is CCOc1cc(C2C(C(=O)Nc3cccnc3)=C(C)Nc3nc[nH][n+]32)ccc1OCc1ccccc1. The molecular weight excluding hydrogens is 456 g/mol. The molecule has 36 heavy (non-hydrogen) atoms. The quantitative estimate of drug-likeness (QED) is 0.327. The molecule has 5 rings (SSSR count). The van der Waals surface area contributed by atoms with Gasteiger partial charge in [-0.15, -0.1) is 4.68 Å². The van der Waals surface area contributed by atoms with E-state index in [1.165, 1.54) is 0 Å². The second-order valence-corrected chi connectivity index (χ2v) is 8.26. The van der Waals surface area contributed by atoms with E-state index in [2.05, 4.69) is 25.7 Å². The van der Waals surface area contributed by atoms with Gasteiger partial charge in [0, 0.05) is 11.8 Å². The number of amides is 1. The third-order valence-corrected chi connectivity index (χ3v) is 5.83. The summed E-state index contributed by atoms with van der Waals surface area (Å²) in [5.41, 5.74) is 3.77. The van der Waals surface area contributed by atoms with Crippen LogP contribution in [-0.4, -0.2) is 27.6 Å². The van der Waals surface area contributed by atoms with Crippen molar-refractivity contribution in [2.75, 3.05) is 17.2 Å². The maximum absolute atomic E-state index is 13.5. The molecule has 0 aliphatic carbocycles. The number of carbonyl (C=O) groups is 1. The van der Waals surface area contributed by atoms with Crippen molar-refractivity contribution in [3.05, 3.63) is 102 Å². The normalized spacial score (nSPS) is 14.6. The number of rotatable bonds is 8. The minimum Gasteiger partial charge on any atom is -0.490 e. The van der Waals surface area contributed by atoms with Crippen molar-refractivity contribution in [2.24, 2.45) is 0 Å². The molecule has 9 heteroatoms. The van der Waals surface area contributed by atoms with Gasteiger partial charge in [-0.05, 0) is 43.7 Å². The molecule has 1 atom stereocenters. The van der Waals surface area contributed by atoms with Gasteiger partial charge in [0.15, 0.2) is 23.9 Å². The minimum absolute atomic E-state index is 0.242. The molecule has 0 spiro atoms. The summed E-state index contributed by atoms with van der Waals surface area (Å²) >= 11 is 0. The van der Waals surface area contributed by atoms with Crippen LogP contribution in [0, 0.1) is 0 Å². The Balaban J connectivity index is 1.50. The number of anilines is 2. The van der Waals surface area contributed by atoms with Crippen LogP contribution in [0.15, 0.2) is 90.7 Å². The first-order chi connectivity index (χ1) is 17.6. The van der Waals surface area contributed by atoms with Crippen LogP contribution >= 0.6 is 0 Å². The van der Waals surface area contributed by atoms with Gasteiger partial charge in [0.1, 0.15) is 6.61 Å². The fourth-order valence-electron chi connectivity index (χ4n) is 4.20.